The Hall–Kier alpha value is -2.56. The quantitative estimate of drug-likeness (QED) is 0.426. The van der Waals surface area contributed by atoms with Crippen LogP contribution in [0.2, 0.25) is 5.02 Å². The third kappa shape index (κ3) is 4.07. The molecule has 140 valence electrons. The molecule has 0 spiro atoms. The van der Waals surface area contributed by atoms with Gasteiger partial charge in [-0.1, -0.05) is 11.6 Å². The Bertz CT molecular complexity index is 897. The first-order valence-electron chi connectivity index (χ1n) is 8.36. The predicted molar refractivity (Wildman–Crippen MR) is 103 cm³/mol. The number of anilines is 1. The van der Waals surface area contributed by atoms with Gasteiger partial charge >= 0.3 is 5.82 Å². The molecule has 0 radical (unpaired) electrons. The Kier molecular flexibility index (Phi) is 5.99. The molecule has 0 amide bonds. The summed E-state index contributed by atoms with van der Waals surface area (Å²) in [6.07, 6.45) is 3.96. The first kappa shape index (κ1) is 19.2. The van der Waals surface area contributed by atoms with Gasteiger partial charge in [0.1, 0.15) is 12.7 Å². The van der Waals surface area contributed by atoms with Crippen molar-refractivity contribution in [2.75, 3.05) is 17.8 Å². The topological polar surface area (TPSA) is 101 Å². The highest BCUT2D eigenvalue weighted by atomic mass is 35.5. The number of hydrogen-bond donors (Lipinski definition) is 1. The van der Waals surface area contributed by atoms with Crippen molar-refractivity contribution in [1.82, 2.24) is 4.98 Å². The molecule has 3 rings (SSSR count). The molecule has 0 saturated heterocycles. The van der Waals surface area contributed by atoms with E-state index < -0.39 is 4.92 Å². The van der Waals surface area contributed by atoms with Crippen LogP contribution in [0.25, 0.3) is 0 Å². The number of hydrogen-bond acceptors (Lipinski definition) is 6. The molecule has 0 fully saturated rings. The largest absolute Gasteiger partial charge is 0.489 e. The molecule has 1 aromatic carbocycles. The minimum Gasteiger partial charge on any atom is -0.489 e. The van der Waals surface area contributed by atoms with Gasteiger partial charge in [-0.2, -0.15) is 5.26 Å². The molecule has 1 atom stereocenters. The van der Waals surface area contributed by atoms with Gasteiger partial charge in [-0.25, -0.2) is 0 Å². The van der Waals surface area contributed by atoms with E-state index in [0.29, 0.717) is 27.9 Å². The summed E-state index contributed by atoms with van der Waals surface area (Å²) >= 11 is 12.2. The smallest absolute Gasteiger partial charge is 0.363 e. The van der Waals surface area contributed by atoms with Crippen molar-refractivity contribution in [3.05, 3.63) is 56.2 Å². The van der Waals surface area contributed by atoms with Crippen LogP contribution in [-0.2, 0) is 6.42 Å². The molecule has 1 aliphatic carbocycles. The van der Waals surface area contributed by atoms with Gasteiger partial charge in [0.25, 0.3) is 0 Å². The maximum absolute atomic E-state index is 10.7. The zero-order valence-corrected chi connectivity index (χ0v) is 15.8. The number of aromatic nitrogens is 1. The van der Waals surface area contributed by atoms with Crippen molar-refractivity contribution in [2.45, 2.75) is 25.3 Å². The Morgan fingerprint density at radius 2 is 2.30 bits per heavy atom. The zero-order chi connectivity index (χ0) is 19.4. The van der Waals surface area contributed by atoms with E-state index in [0.717, 1.165) is 30.4 Å². The normalized spacial score (nSPS) is 15.5. The second-order valence-corrected chi connectivity index (χ2v) is 6.79. The number of benzene rings is 1. The Labute approximate surface area is 166 Å². The molecule has 9 heteroatoms. The van der Waals surface area contributed by atoms with Crippen molar-refractivity contribution in [1.29, 1.82) is 5.26 Å². The van der Waals surface area contributed by atoms with Crippen molar-refractivity contribution in [2.24, 2.45) is 0 Å². The van der Waals surface area contributed by atoms with Crippen molar-refractivity contribution in [3.8, 4) is 11.8 Å². The fourth-order valence-electron chi connectivity index (χ4n) is 3.19. The molecule has 27 heavy (non-hydrogen) atoms. The Morgan fingerprint density at radius 1 is 1.48 bits per heavy atom. The lowest BCUT2D eigenvalue weighted by Gasteiger charge is -2.29. The summed E-state index contributed by atoms with van der Waals surface area (Å²) in [6.45, 7) is 0.269. The summed E-state index contributed by atoms with van der Waals surface area (Å²) in [5.41, 5.74) is 2.90. The molecule has 0 bridgehead atoms. The predicted octanol–water partition coefficient (Wildman–Crippen LogP) is 4.62. The number of alkyl halides is 1. The van der Waals surface area contributed by atoms with E-state index in [-0.39, 0.29) is 18.5 Å². The molecule has 1 heterocycles. The summed E-state index contributed by atoms with van der Waals surface area (Å²) in [5, 5.41) is 24.0. The van der Waals surface area contributed by atoms with E-state index in [2.05, 4.69) is 16.4 Å². The van der Waals surface area contributed by atoms with Gasteiger partial charge in [-0.3, -0.25) is 0 Å². The van der Waals surface area contributed by atoms with Gasteiger partial charge in [0.15, 0.2) is 11.9 Å². The molecule has 7 nitrogen and oxygen atoms in total. The molecular formula is C18H16Cl2N4O3. The van der Waals surface area contributed by atoms with Gasteiger partial charge in [-0.15, -0.1) is 11.6 Å². The first-order chi connectivity index (χ1) is 13.0. The van der Waals surface area contributed by atoms with E-state index in [4.69, 9.17) is 27.9 Å². The van der Waals surface area contributed by atoms with E-state index in [1.807, 2.05) is 0 Å². The third-order valence-corrected chi connectivity index (χ3v) is 4.93. The zero-order valence-electron chi connectivity index (χ0n) is 14.2. The molecule has 1 aromatic heterocycles. The fourth-order valence-corrected chi connectivity index (χ4v) is 3.63. The lowest BCUT2D eigenvalue weighted by Crippen LogP contribution is -2.19. The standard InChI is InChI=1S/C18H16Cl2N4O3/c19-6-7-27-18-11(9-21)8-14-13(17(18)20)2-1-3-15(14)23-12-4-5-16(22-10-12)24(25)26/h4-5,8,10,15,23H,1-3,6-7H2. The van der Waals surface area contributed by atoms with Gasteiger partial charge < -0.3 is 20.2 Å². The van der Waals surface area contributed by atoms with Gasteiger partial charge in [0, 0.05) is 6.07 Å². The number of pyridine rings is 1. The molecule has 1 N–H and O–H groups in total. The average molecular weight is 407 g/mol. The Balaban J connectivity index is 1.92. The van der Waals surface area contributed by atoms with Crippen LogP contribution in [0.3, 0.4) is 0 Å². The summed E-state index contributed by atoms with van der Waals surface area (Å²) in [7, 11) is 0. The summed E-state index contributed by atoms with van der Waals surface area (Å²) < 4.78 is 5.58. The highest BCUT2D eigenvalue weighted by Gasteiger charge is 2.27. The van der Waals surface area contributed by atoms with Crippen molar-refractivity contribution >= 4 is 34.7 Å². The lowest BCUT2D eigenvalue weighted by atomic mass is 9.86. The van der Waals surface area contributed by atoms with E-state index in [1.54, 1.807) is 12.1 Å². The maximum atomic E-state index is 10.7. The third-order valence-electron chi connectivity index (χ3n) is 4.37. The lowest BCUT2D eigenvalue weighted by molar-refractivity contribution is -0.389. The van der Waals surface area contributed by atoms with Crippen LogP contribution in [0, 0.1) is 21.4 Å². The van der Waals surface area contributed by atoms with Crippen LogP contribution in [0.5, 0.6) is 5.75 Å². The van der Waals surface area contributed by atoms with Gasteiger partial charge in [-0.05, 0) is 52.4 Å². The van der Waals surface area contributed by atoms with Crippen LogP contribution in [0.15, 0.2) is 24.4 Å². The van der Waals surface area contributed by atoms with E-state index >= 15 is 0 Å². The number of halogens is 2. The number of fused-ring (bicyclic) bond motifs is 1. The van der Waals surface area contributed by atoms with Crippen molar-refractivity contribution in [3.63, 3.8) is 0 Å². The van der Waals surface area contributed by atoms with Crippen LogP contribution in [-0.4, -0.2) is 22.4 Å². The number of nitrogens with one attached hydrogen (secondary N) is 1. The number of nitro groups is 1. The second-order valence-electron chi connectivity index (χ2n) is 6.04. The highest BCUT2D eigenvalue weighted by Crippen LogP contribution is 2.42. The van der Waals surface area contributed by atoms with E-state index in [1.165, 1.54) is 12.3 Å². The van der Waals surface area contributed by atoms with Crippen LogP contribution in [0.4, 0.5) is 11.5 Å². The maximum Gasteiger partial charge on any atom is 0.363 e. The van der Waals surface area contributed by atoms with Crippen LogP contribution < -0.4 is 10.1 Å². The molecule has 0 saturated carbocycles. The number of rotatable bonds is 6. The monoisotopic (exact) mass is 406 g/mol. The molecule has 1 unspecified atom stereocenters. The molecule has 0 aliphatic heterocycles. The van der Waals surface area contributed by atoms with Gasteiger partial charge in [0.05, 0.1) is 28.2 Å². The molecule has 2 aromatic rings. The summed E-state index contributed by atoms with van der Waals surface area (Å²) in [5.74, 6) is 0.465. The number of nitriles is 1. The second kappa shape index (κ2) is 8.42. The minimum atomic E-state index is -0.541. The highest BCUT2D eigenvalue weighted by molar-refractivity contribution is 6.33. The fraction of sp³-hybridized carbons (Fsp3) is 0.333. The number of nitrogens with zero attached hydrogens (tertiary/aromatic N) is 3. The average Bonchev–Trinajstić information content (AvgIpc) is 2.68. The van der Waals surface area contributed by atoms with Crippen molar-refractivity contribution < 1.29 is 9.66 Å². The van der Waals surface area contributed by atoms with Crippen LogP contribution >= 0.6 is 23.2 Å². The number of ether oxygens (including phenoxy) is 1. The first-order valence-corrected chi connectivity index (χ1v) is 9.27. The minimum absolute atomic E-state index is 0.0799. The summed E-state index contributed by atoms with van der Waals surface area (Å²) in [6, 6.07) is 6.81. The molecular weight excluding hydrogens is 391 g/mol. The molecule has 1 aliphatic rings. The van der Waals surface area contributed by atoms with Crippen LogP contribution in [0.1, 0.15) is 35.6 Å². The summed E-state index contributed by atoms with van der Waals surface area (Å²) in [4.78, 5) is 14.0. The van der Waals surface area contributed by atoms with E-state index in [9.17, 15) is 15.4 Å². The Morgan fingerprint density at radius 3 is 2.93 bits per heavy atom. The van der Waals surface area contributed by atoms with Gasteiger partial charge in [0.2, 0.25) is 0 Å². The SMILES string of the molecule is N#Cc1cc2c(c(Cl)c1OCCCl)CCCC2Nc1ccc([N+](=O)[O-])nc1.